The topological polar surface area (TPSA) is 118 Å². The number of aryl methyl sites for hydroxylation is 2. The van der Waals surface area contributed by atoms with Crippen LogP contribution < -0.4 is 10.6 Å². The summed E-state index contributed by atoms with van der Waals surface area (Å²) in [4.78, 5) is 28.4. The Morgan fingerprint density at radius 2 is 1.90 bits per heavy atom. The van der Waals surface area contributed by atoms with Gasteiger partial charge in [0.2, 0.25) is 5.91 Å². The van der Waals surface area contributed by atoms with E-state index in [4.69, 9.17) is 0 Å². The van der Waals surface area contributed by atoms with Crippen molar-refractivity contribution in [2.24, 2.45) is 0 Å². The molecule has 0 aliphatic carbocycles. The van der Waals surface area contributed by atoms with E-state index in [1.165, 1.54) is 5.56 Å². The molecule has 0 bridgehead atoms. The van der Waals surface area contributed by atoms with Crippen molar-refractivity contribution in [1.29, 1.82) is 0 Å². The highest BCUT2D eigenvalue weighted by Gasteiger charge is 2.14. The fraction of sp³-hybridized carbons (Fsp3) is 0.190. The van der Waals surface area contributed by atoms with Gasteiger partial charge in [0.1, 0.15) is 0 Å². The largest absolute Gasteiger partial charge is 0.350 e. The molecule has 0 saturated heterocycles. The van der Waals surface area contributed by atoms with Gasteiger partial charge in [0.25, 0.3) is 5.91 Å². The van der Waals surface area contributed by atoms with E-state index in [0.29, 0.717) is 18.1 Å². The number of para-hydroxylation sites is 1. The number of anilines is 1. The zero-order valence-corrected chi connectivity index (χ0v) is 16.2. The van der Waals surface area contributed by atoms with Crippen molar-refractivity contribution in [3.63, 3.8) is 0 Å². The third-order valence-corrected chi connectivity index (χ3v) is 4.61. The molecule has 0 radical (unpaired) electrons. The summed E-state index contributed by atoms with van der Waals surface area (Å²) in [6.45, 7) is 0.905. The van der Waals surface area contributed by atoms with E-state index in [1.807, 2.05) is 42.6 Å². The van der Waals surface area contributed by atoms with Crippen molar-refractivity contribution in [2.75, 3.05) is 11.9 Å². The van der Waals surface area contributed by atoms with Crippen LogP contribution in [-0.4, -0.2) is 43.3 Å². The first-order valence-corrected chi connectivity index (χ1v) is 9.62. The number of carbonyl (C=O) groups is 2. The summed E-state index contributed by atoms with van der Waals surface area (Å²) in [5.41, 5.74) is 2.28. The predicted octanol–water partition coefficient (Wildman–Crippen LogP) is 2.16. The molecule has 3 aromatic heterocycles. The number of nitrogens with zero attached hydrogens (tertiary/aromatic N) is 4. The number of H-pyrrole nitrogens is 1. The number of nitrogens with one attached hydrogen (secondary N) is 3. The van der Waals surface area contributed by atoms with Crippen LogP contribution in [0.4, 0.5) is 5.82 Å². The van der Waals surface area contributed by atoms with Gasteiger partial charge in [0, 0.05) is 49.6 Å². The van der Waals surface area contributed by atoms with Crippen LogP contribution >= 0.6 is 0 Å². The van der Waals surface area contributed by atoms with Crippen molar-refractivity contribution in [2.45, 2.75) is 19.4 Å². The molecule has 0 aliphatic rings. The Morgan fingerprint density at radius 1 is 1.07 bits per heavy atom. The van der Waals surface area contributed by atoms with Crippen molar-refractivity contribution in [3.8, 4) is 0 Å². The quantitative estimate of drug-likeness (QED) is 0.417. The van der Waals surface area contributed by atoms with Gasteiger partial charge in [-0.3, -0.25) is 24.4 Å². The molecule has 4 rings (SSSR count). The third-order valence-electron chi connectivity index (χ3n) is 4.61. The molecular formula is C21H21N7O2. The summed E-state index contributed by atoms with van der Waals surface area (Å²) in [5.74, 6) is -0.0541. The van der Waals surface area contributed by atoms with Gasteiger partial charge in [-0.05, 0) is 30.2 Å². The highest BCUT2D eigenvalue weighted by atomic mass is 16.2. The molecule has 0 atom stereocenters. The number of fused-ring (bicyclic) bond motifs is 1. The van der Waals surface area contributed by atoms with E-state index in [1.54, 1.807) is 23.1 Å². The first-order chi connectivity index (χ1) is 14.7. The SMILES string of the molecule is O=C(CCNC(=O)c1n[nH]c2ccccc12)Nc1ccn(CCc2ccncc2)n1. The molecule has 152 valence electrons. The number of benzene rings is 1. The lowest BCUT2D eigenvalue weighted by atomic mass is 10.2. The molecule has 3 heterocycles. The molecule has 0 fully saturated rings. The zero-order valence-electron chi connectivity index (χ0n) is 16.2. The Kier molecular flexibility index (Phi) is 5.79. The van der Waals surface area contributed by atoms with Gasteiger partial charge in [-0.15, -0.1) is 0 Å². The van der Waals surface area contributed by atoms with Crippen LogP contribution in [0.3, 0.4) is 0 Å². The van der Waals surface area contributed by atoms with Gasteiger partial charge in [-0.1, -0.05) is 18.2 Å². The van der Waals surface area contributed by atoms with Crippen LogP contribution in [0.25, 0.3) is 10.9 Å². The third kappa shape index (κ3) is 4.69. The normalized spacial score (nSPS) is 10.8. The van der Waals surface area contributed by atoms with Gasteiger partial charge in [0.05, 0.1) is 5.52 Å². The lowest BCUT2D eigenvalue weighted by Gasteiger charge is -2.05. The summed E-state index contributed by atoms with van der Waals surface area (Å²) >= 11 is 0. The fourth-order valence-corrected chi connectivity index (χ4v) is 3.06. The van der Waals surface area contributed by atoms with Crippen LogP contribution in [0.5, 0.6) is 0 Å². The smallest absolute Gasteiger partial charge is 0.272 e. The van der Waals surface area contributed by atoms with Crippen LogP contribution in [0.1, 0.15) is 22.5 Å². The minimum Gasteiger partial charge on any atom is -0.350 e. The number of pyridine rings is 1. The fourth-order valence-electron chi connectivity index (χ4n) is 3.06. The number of hydrogen-bond donors (Lipinski definition) is 3. The molecule has 3 N–H and O–H groups in total. The average Bonchev–Trinajstić information content (AvgIpc) is 3.40. The average molecular weight is 403 g/mol. The molecule has 30 heavy (non-hydrogen) atoms. The Hall–Kier alpha value is -4.01. The molecule has 4 aromatic rings. The minimum absolute atomic E-state index is 0.137. The lowest BCUT2D eigenvalue weighted by Crippen LogP contribution is -2.28. The number of carbonyl (C=O) groups excluding carboxylic acids is 2. The molecule has 0 spiro atoms. The first kappa shape index (κ1) is 19.3. The van der Waals surface area contributed by atoms with E-state index in [2.05, 4.69) is 30.9 Å². The van der Waals surface area contributed by atoms with E-state index >= 15 is 0 Å². The maximum Gasteiger partial charge on any atom is 0.272 e. The summed E-state index contributed by atoms with van der Waals surface area (Å²) in [6, 6.07) is 13.1. The molecular weight excluding hydrogens is 382 g/mol. The van der Waals surface area contributed by atoms with E-state index in [-0.39, 0.29) is 24.8 Å². The number of aromatic amines is 1. The van der Waals surface area contributed by atoms with Crippen LogP contribution in [-0.2, 0) is 17.8 Å². The second-order valence-corrected chi connectivity index (χ2v) is 6.74. The Labute approximate surface area is 172 Å². The summed E-state index contributed by atoms with van der Waals surface area (Å²) in [7, 11) is 0. The van der Waals surface area contributed by atoms with Gasteiger partial charge in [0.15, 0.2) is 11.5 Å². The van der Waals surface area contributed by atoms with Gasteiger partial charge in [-0.25, -0.2) is 0 Å². The van der Waals surface area contributed by atoms with Crippen molar-refractivity contribution < 1.29 is 9.59 Å². The number of rotatable bonds is 8. The number of amides is 2. The molecule has 2 amide bonds. The number of aromatic nitrogens is 5. The standard InChI is InChI=1S/C21H21N7O2/c29-19(7-12-23-21(30)20-16-3-1-2-4-17(16)25-26-20)24-18-9-14-28(27-18)13-8-15-5-10-22-11-6-15/h1-6,9-11,14H,7-8,12-13H2,(H,23,30)(H,25,26)(H,24,27,29). The summed E-state index contributed by atoms with van der Waals surface area (Å²) in [6.07, 6.45) is 6.31. The minimum atomic E-state index is -0.319. The van der Waals surface area contributed by atoms with Crippen LogP contribution in [0.15, 0.2) is 61.1 Å². The molecule has 0 saturated carbocycles. The molecule has 0 aliphatic heterocycles. The molecule has 0 unspecified atom stereocenters. The second kappa shape index (κ2) is 8.99. The number of hydrogen-bond acceptors (Lipinski definition) is 5. The van der Waals surface area contributed by atoms with Gasteiger partial charge < -0.3 is 10.6 Å². The summed E-state index contributed by atoms with van der Waals surface area (Å²) < 4.78 is 1.78. The molecule has 9 nitrogen and oxygen atoms in total. The van der Waals surface area contributed by atoms with E-state index < -0.39 is 0 Å². The van der Waals surface area contributed by atoms with Crippen molar-refractivity contribution in [3.05, 3.63) is 72.3 Å². The Morgan fingerprint density at radius 3 is 2.77 bits per heavy atom. The van der Waals surface area contributed by atoms with E-state index in [0.717, 1.165) is 17.3 Å². The highest BCUT2D eigenvalue weighted by molar-refractivity contribution is 6.04. The molecule has 9 heteroatoms. The van der Waals surface area contributed by atoms with Crippen LogP contribution in [0, 0.1) is 0 Å². The maximum atomic E-state index is 12.3. The first-order valence-electron chi connectivity index (χ1n) is 9.62. The van der Waals surface area contributed by atoms with Crippen molar-refractivity contribution in [1.82, 2.24) is 30.3 Å². The summed E-state index contributed by atoms with van der Waals surface area (Å²) in [5, 5.41) is 17.4. The zero-order chi connectivity index (χ0) is 20.8. The molecule has 1 aromatic carbocycles. The van der Waals surface area contributed by atoms with E-state index in [9.17, 15) is 9.59 Å². The lowest BCUT2D eigenvalue weighted by molar-refractivity contribution is -0.116. The second-order valence-electron chi connectivity index (χ2n) is 6.74. The predicted molar refractivity (Wildman–Crippen MR) is 112 cm³/mol. The van der Waals surface area contributed by atoms with Gasteiger partial charge >= 0.3 is 0 Å². The van der Waals surface area contributed by atoms with Crippen LogP contribution in [0.2, 0.25) is 0 Å². The Bertz CT molecular complexity index is 1150. The van der Waals surface area contributed by atoms with Gasteiger partial charge in [-0.2, -0.15) is 10.2 Å². The maximum absolute atomic E-state index is 12.3. The highest BCUT2D eigenvalue weighted by Crippen LogP contribution is 2.14. The van der Waals surface area contributed by atoms with Crippen molar-refractivity contribution >= 4 is 28.5 Å². The Balaban J connectivity index is 1.22. The monoisotopic (exact) mass is 403 g/mol.